The van der Waals surface area contributed by atoms with Gasteiger partial charge >= 0.3 is 0 Å². The number of likely N-dealkylation sites (tertiary alicyclic amines) is 1. The van der Waals surface area contributed by atoms with Crippen molar-refractivity contribution in [3.8, 4) is 5.75 Å². The van der Waals surface area contributed by atoms with E-state index in [1.165, 1.54) is 4.90 Å². The molecule has 6 heteroatoms. The molecular weight excluding hydrogens is 316 g/mol. The topological polar surface area (TPSA) is 49.9 Å². The van der Waals surface area contributed by atoms with E-state index in [4.69, 9.17) is 16.3 Å². The minimum Gasteiger partial charge on any atom is -0.479 e. The molecule has 0 aliphatic carbocycles. The normalized spacial score (nSPS) is 21.9. The van der Waals surface area contributed by atoms with Gasteiger partial charge in [0.1, 0.15) is 12.3 Å². The summed E-state index contributed by atoms with van der Waals surface area (Å²) in [6, 6.07) is 5.13. The van der Waals surface area contributed by atoms with Gasteiger partial charge in [0.25, 0.3) is 5.91 Å². The van der Waals surface area contributed by atoms with Crippen LogP contribution >= 0.6 is 11.6 Å². The second kappa shape index (κ2) is 6.40. The van der Waals surface area contributed by atoms with Crippen molar-refractivity contribution in [3.63, 3.8) is 0 Å². The zero-order chi connectivity index (χ0) is 16.6. The number of hydrogen-bond donors (Lipinski definition) is 0. The molecule has 1 aromatic rings. The molecule has 0 N–H and O–H groups in total. The molecule has 3 rings (SSSR count). The third kappa shape index (κ3) is 3.29. The van der Waals surface area contributed by atoms with E-state index in [0.29, 0.717) is 22.4 Å². The summed E-state index contributed by atoms with van der Waals surface area (Å²) >= 11 is 6.04. The smallest absolute Gasteiger partial charge is 0.268 e. The summed E-state index contributed by atoms with van der Waals surface area (Å²) in [6.07, 6.45) is 1.43. The van der Waals surface area contributed by atoms with E-state index in [-0.39, 0.29) is 18.4 Å². The van der Waals surface area contributed by atoms with Gasteiger partial charge in [-0.2, -0.15) is 0 Å². The van der Waals surface area contributed by atoms with E-state index < -0.39 is 6.10 Å². The lowest BCUT2D eigenvalue weighted by atomic mass is 9.99. The average molecular weight is 337 g/mol. The van der Waals surface area contributed by atoms with Crippen LogP contribution in [-0.4, -0.2) is 42.5 Å². The molecule has 2 aliphatic rings. The zero-order valence-electron chi connectivity index (χ0n) is 13.4. The van der Waals surface area contributed by atoms with Crippen molar-refractivity contribution in [1.29, 1.82) is 0 Å². The van der Waals surface area contributed by atoms with Crippen molar-refractivity contribution in [3.05, 3.63) is 23.2 Å². The molecule has 1 fully saturated rings. The van der Waals surface area contributed by atoms with Crippen LogP contribution in [0.1, 0.15) is 26.7 Å². The molecule has 0 saturated carbocycles. The highest BCUT2D eigenvalue weighted by atomic mass is 35.5. The summed E-state index contributed by atoms with van der Waals surface area (Å²) < 4.78 is 5.60. The van der Waals surface area contributed by atoms with E-state index in [0.717, 1.165) is 25.9 Å². The van der Waals surface area contributed by atoms with E-state index >= 15 is 0 Å². The number of hydrogen-bond acceptors (Lipinski definition) is 3. The van der Waals surface area contributed by atoms with E-state index in [9.17, 15) is 9.59 Å². The Morgan fingerprint density at radius 3 is 2.70 bits per heavy atom. The molecule has 23 heavy (non-hydrogen) atoms. The first-order valence-corrected chi connectivity index (χ1v) is 8.39. The van der Waals surface area contributed by atoms with Crippen molar-refractivity contribution < 1.29 is 14.3 Å². The first-order chi connectivity index (χ1) is 11.0. The Labute approximate surface area is 141 Å². The highest BCUT2D eigenvalue weighted by Gasteiger charge is 2.34. The van der Waals surface area contributed by atoms with Crippen LogP contribution in [0.2, 0.25) is 5.02 Å². The fourth-order valence-corrected chi connectivity index (χ4v) is 3.20. The van der Waals surface area contributed by atoms with Crippen LogP contribution < -0.4 is 9.64 Å². The number of halogens is 1. The predicted molar refractivity (Wildman–Crippen MR) is 88.9 cm³/mol. The van der Waals surface area contributed by atoms with Crippen molar-refractivity contribution >= 4 is 29.1 Å². The molecule has 0 aromatic heterocycles. The van der Waals surface area contributed by atoms with Gasteiger partial charge in [0.05, 0.1) is 5.69 Å². The Balaban J connectivity index is 1.80. The van der Waals surface area contributed by atoms with Gasteiger partial charge < -0.3 is 9.64 Å². The first-order valence-electron chi connectivity index (χ1n) is 8.01. The first kappa shape index (κ1) is 16.1. The fourth-order valence-electron chi connectivity index (χ4n) is 3.04. The third-order valence-electron chi connectivity index (χ3n) is 4.56. The maximum atomic E-state index is 12.6. The van der Waals surface area contributed by atoms with Crippen molar-refractivity contribution in [2.24, 2.45) is 5.92 Å². The highest BCUT2D eigenvalue weighted by molar-refractivity contribution is 6.31. The minimum absolute atomic E-state index is 0.0229. The molecular formula is C17H21ClN2O3. The van der Waals surface area contributed by atoms with Crippen LogP contribution in [-0.2, 0) is 9.59 Å². The molecule has 0 bridgehead atoms. The lowest BCUT2D eigenvalue weighted by molar-refractivity contribution is -0.134. The number of carbonyl (C=O) groups is 2. The predicted octanol–water partition coefficient (Wildman–Crippen LogP) is 2.71. The molecule has 1 aromatic carbocycles. The monoisotopic (exact) mass is 336 g/mol. The Kier molecular flexibility index (Phi) is 4.48. The number of benzene rings is 1. The van der Waals surface area contributed by atoms with Gasteiger partial charge in [-0.1, -0.05) is 18.5 Å². The molecule has 2 aliphatic heterocycles. The summed E-state index contributed by atoms with van der Waals surface area (Å²) in [5.74, 6) is 1.01. The number of nitrogens with zero attached hydrogens (tertiary/aromatic N) is 2. The van der Waals surface area contributed by atoms with Crippen LogP contribution in [0, 0.1) is 5.92 Å². The SMILES string of the molecule is CC1CCN(C(=O)CN2C(=O)C(C)Oc3ccc(Cl)cc32)CC1. The second-order valence-electron chi connectivity index (χ2n) is 6.36. The summed E-state index contributed by atoms with van der Waals surface area (Å²) in [7, 11) is 0. The largest absolute Gasteiger partial charge is 0.479 e. The lowest BCUT2D eigenvalue weighted by Crippen LogP contribution is -2.50. The Morgan fingerprint density at radius 2 is 2.00 bits per heavy atom. The van der Waals surface area contributed by atoms with E-state index in [1.54, 1.807) is 25.1 Å². The molecule has 2 amide bonds. The van der Waals surface area contributed by atoms with Gasteiger partial charge in [-0.15, -0.1) is 0 Å². The fraction of sp³-hybridized carbons (Fsp3) is 0.529. The summed E-state index contributed by atoms with van der Waals surface area (Å²) in [5, 5.41) is 0.513. The van der Waals surface area contributed by atoms with E-state index in [1.807, 2.05) is 4.90 Å². The number of carbonyl (C=O) groups excluding carboxylic acids is 2. The molecule has 2 heterocycles. The van der Waals surface area contributed by atoms with Crippen molar-refractivity contribution in [2.75, 3.05) is 24.5 Å². The quantitative estimate of drug-likeness (QED) is 0.834. The van der Waals surface area contributed by atoms with Gasteiger partial charge in [0.15, 0.2) is 6.10 Å². The summed E-state index contributed by atoms with van der Waals surface area (Å²) in [6.45, 7) is 5.45. The molecule has 1 atom stereocenters. The van der Waals surface area contributed by atoms with E-state index in [2.05, 4.69) is 6.92 Å². The summed E-state index contributed by atoms with van der Waals surface area (Å²) in [5.41, 5.74) is 0.569. The van der Waals surface area contributed by atoms with Crippen LogP contribution in [0.3, 0.4) is 0 Å². The molecule has 0 spiro atoms. The second-order valence-corrected chi connectivity index (χ2v) is 6.80. The molecule has 5 nitrogen and oxygen atoms in total. The lowest BCUT2D eigenvalue weighted by Gasteiger charge is -2.35. The molecule has 0 radical (unpaired) electrons. The van der Waals surface area contributed by atoms with Gasteiger partial charge in [-0.05, 0) is 43.9 Å². The highest BCUT2D eigenvalue weighted by Crippen LogP contribution is 2.36. The van der Waals surface area contributed by atoms with Crippen LogP contribution in [0.4, 0.5) is 5.69 Å². The number of amides is 2. The Bertz CT molecular complexity index is 626. The number of ether oxygens (including phenoxy) is 1. The van der Waals surface area contributed by atoms with Gasteiger partial charge in [0, 0.05) is 18.1 Å². The number of anilines is 1. The van der Waals surface area contributed by atoms with Gasteiger partial charge in [0.2, 0.25) is 5.91 Å². The maximum absolute atomic E-state index is 12.6. The van der Waals surface area contributed by atoms with Crippen LogP contribution in [0.5, 0.6) is 5.75 Å². The number of rotatable bonds is 2. The zero-order valence-corrected chi connectivity index (χ0v) is 14.2. The van der Waals surface area contributed by atoms with Crippen LogP contribution in [0.25, 0.3) is 0 Å². The van der Waals surface area contributed by atoms with Crippen LogP contribution in [0.15, 0.2) is 18.2 Å². The Morgan fingerprint density at radius 1 is 1.30 bits per heavy atom. The van der Waals surface area contributed by atoms with Crippen molar-refractivity contribution in [2.45, 2.75) is 32.8 Å². The average Bonchev–Trinajstić information content (AvgIpc) is 2.53. The standard InChI is InChI=1S/C17H21ClN2O3/c1-11-5-7-19(8-6-11)16(21)10-20-14-9-13(18)3-4-15(14)23-12(2)17(20)22/h3-4,9,11-12H,5-8,10H2,1-2H3. The van der Waals surface area contributed by atoms with Gasteiger partial charge in [-0.3, -0.25) is 14.5 Å². The molecule has 1 unspecified atom stereocenters. The number of fused-ring (bicyclic) bond motifs is 1. The maximum Gasteiger partial charge on any atom is 0.268 e. The minimum atomic E-state index is -0.599. The molecule has 124 valence electrons. The van der Waals surface area contributed by atoms with Gasteiger partial charge in [-0.25, -0.2) is 0 Å². The van der Waals surface area contributed by atoms with Crippen molar-refractivity contribution in [1.82, 2.24) is 4.90 Å². The third-order valence-corrected chi connectivity index (χ3v) is 4.79. The number of piperidine rings is 1. The Hall–Kier alpha value is -1.75. The summed E-state index contributed by atoms with van der Waals surface area (Å²) in [4.78, 5) is 28.4. The molecule has 1 saturated heterocycles.